The molecule has 1 unspecified atom stereocenters. The molecule has 0 fully saturated rings. The van der Waals surface area contributed by atoms with Gasteiger partial charge < -0.3 is 0 Å². The molecular formula is C6F13S2. The maximum absolute atomic E-state index is 12.9. The van der Waals surface area contributed by atoms with Crippen LogP contribution in [0.2, 0.25) is 0 Å². The average Bonchev–Trinajstić information content (AvgIpc) is 2.10. The highest BCUT2D eigenvalue weighted by molar-refractivity contribution is 8.02. The summed E-state index contributed by atoms with van der Waals surface area (Å²) in [4.78, 5) is 0. The number of thioether (sulfide) groups is 1. The van der Waals surface area contributed by atoms with Crippen molar-refractivity contribution >= 4 is 24.4 Å². The predicted molar refractivity (Wildman–Crippen MR) is 46.0 cm³/mol. The lowest BCUT2D eigenvalue weighted by molar-refractivity contribution is -0.305. The Kier molecular flexibility index (Phi) is 5.11. The summed E-state index contributed by atoms with van der Waals surface area (Å²) in [7, 11) is 0. The Morgan fingerprint density at radius 3 is 1.00 bits per heavy atom. The topological polar surface area (TPSA) is 0 Å². The number of halogens is 13. The number of rotatable bonds is 3. The average molecular weight is 383 g/mol. The second-order valence-corrected chi connectivity index (χ2v) is 5.14. The Morgan fingerprint density at radius 1 is 0.524 bits per heavy atom. The van der Waals surface area contributed by atoms with Crippen LogP contribution < -0.4 is 0 Å². The molecule has 0 rings (SSSR count). The molecule has 15 heteroatoms. The molecule has 0 amide bonds. The fraction of sp³-hybridized carbons (Fsp3) is 1.00. The van der Waals surface area contributed by atoms with E-state index in [-0.39, 0.29) is 0 Å². The molecule has 0 aromatic carbocycles. The highest BCUT2D eigenvalue weighted by atomic mass is 32.2. The van der Waals surface area contributed by atoms with Crippen molar-refractivity contribution in [2.45, 2.75) is 33.8 Å². The van der Waals surface area contributed by atoms with Crippen molar-refractivity contribution in [2.75, 3.05) is 0 Å². The van der Waals surface area contributed by atoms with E-state index >= 15 is 0 Å². The van der Waals surface area contributed by atoms with Crippen LogP contribution in [0, 0.1) is 0 Å². The third kappa shape index (κ3) is 3.59. The molecular weight excluding hydrogens is 383 g/mol. The predicted octanol–water partition coefficient (Wildman–Crippen LogP) is 5.53. The van der Waals surface area contributed by atoms with Crippen LogP contribution in [-0.2, 0) is 0 Å². The Balaban J connectivity index is 5.89. The Bertz CT molecular complexity index is 360. The monoisotopic (exact) mass is 383 g/mol. The molecule has 0 aliphatic heterocycles. The van der Waals surface area contributed by atoms with E-state index in [0.717, 1.165) is 0 Å². The van der Waals surface area contributed by atoms with Crippen molar-refractivity contribution in [1.82, 2.24) is 0 Å². The Morgan fingerprint density at radius 2 is 0.810 bits per heavy atom. The minimum atomic E-state index is -7.10. The van der Waals surface area contributed by atoms with E-state index in [0.29, 0.717) is 0 Å². The number of hydrogen-bond donors (Lipinski definition) is 0. The molecule has 0 heterocycles. The highest BCUT2D eigenvalue weighted by Crippen LogP contribution is 2.63. The molecule has 0 aliphatic carbocycles. The summed E-state index contributed by atoms with van der Waals surface area (Å²) in [5.41, 5.74) is 0. The summed E-state index contributed by atoms with van der Waals surface area (Å²) in [5.74, 6) is 0. The zero-order valence-electron chi connectivity index (χ0n) is 8.73. The van der Waals surface area contributed by atoms with E-state index in [1.165, 1.54) is 0 Å². The lowest BCUT2D eigenvalue weighted by atomic mass is 10.3. The van der Waals surface area contributed by atoms with Crippen LogP contribution in [0.3, 0.4) is 0 Å². The van der Waals surface area contributed by atoms with Gasteiger partial charge in [-0.1, -0.05) is 0 Å². The molecule has 1 radical (unpaired) electrons. The van der Waals surface area contributed by atoms with Gasteiger partial charge in [0.05, 0.1) is 0 Å². The van der Waals surface area contributed by atoms with E-state index in [4.69, 9.17) is 0 Å². The molecule has 0 aliphatic rings. The van der Waals surface area contributed by atoms with Crippen molar-refractivity contribution in [3.05, 3.63) is 0 Å². The minimum Gasteiger partial charge on any atom is -0.213 e. The molecule has 0 nitrogen and oxygen atoms in total. The SMILES string of the molecule is FC(F)(F)C(F)([S])C(F)(F)SC(F)(C(F)(F)F)C(F)(F)F. The van der Waals surface area contributed by atoms with E-state index in [1.807, 2.05) is 0 Å². The summed E-state index contributed by atoms with van der Waals surface area (Å²) in [6.45, 7) is 0. The first kappa shape index (κ1) is 20.8. The standard InChI is InChI=1S/C6F13S2/c7-1(20,3(9,10)11)6(18,19)21-2(8,4(12,13)14)5(15,16)17. The zero-order valence-corrected chi connectivity index (χ0v) is 10.4. The first-order valence-corrected chi connectivity index (χ1v) is 5.29. The van der Waals surface area contributed by atoms with Crippen molar-refractivity contribution in [3.8, 4) is 0 Å². The minimum absolute atomic E-state index is 2.67. The maximum Gasteiger partial charge on any atom is 0.441 e. The van der Waals surface area contributed by atoms with E-state index in [9.17, 15) is 57.1 Å². The van der Waals surface area contributed by atoms with Crippen LogP contribution in [0.4, 0.5) is 57.1 Å². The summed E-state index contributed by atoms with van der Waals surface area (Å²) in [6, 6.07) is 0. The van der Waals surface area contributed by atoms with Gasteiger partial charge in [-0.3, -0.25) is 0 Å². The smallest absolute Gasteiger partial charge is 0.213 e. The summed E-state index contributed by atoms with van der Waals surface area (Å²) < 4.78 is 158. The third-order valence-corrected chi connectivity index (χ3v) is 3.64. The van der Waals surface area contributed by atoms with Gasteiger partial charge in [0, 0.05) is 0 Å². The lowest BCUT2D eigenvalue weighted by Gasteiger charge is -2.36. The first-order valence-electron chi connectivity index (χ1n) is 4.07. The fourth-order valence-electron chi connectivity index (χ4n) is 0.684. The van der Waals surface area contributed by atoms with Crippen LogP contribution in [0.15, 0.2) is 0 Å². The number of hydrogen-bond acceptors (Lipinski definition) is 1. The second kappa shape index (κ2) is 5.16. The second-order valence-electron chi connectivity index (χ2n) is 3.30. The van der Waals surface area contributed by atoms with Crippen LogP contribution in [0.1, 0.15) is 0 Å². The van der Waals surface area contributed by atoms with Gasteiger partial charge in [-0.2, -0.15) is 48.3 Å². The van der Waals surface area contributed by atoms with Crippen molar-refractivity contribution in [3.63, 3.8) is 0 Å². The fourth-order valence-corrected chi connectivity index (χ4v) is 1.64. The molecule has 0 N–H and O–H groups in total. The van der Waals surface area contributed by atoms with E-state index in [1.54, 1.807) is 0 Å². The largest absolute Gasteiger partial charge is 0.441 e. The zero-order chi connectivity index (χ0) is 17.7. The van der Waals surface area contributed by atoms with Crippen molar-refractivity contribution in [1.29, 1.82) is 0 Å². The van der Waals surface area contributed by atoms with Crippen LogP contribution in [-0.4, -0.2) is 33.8 Å². The Hall–Kier alpha value is -0.210. The van der Waals surface area contributed by atoms with Crippen molar-refractivity contribution in [2.24, 2.45) is 0 Å². The van der Waals surface area contributed by atoms with E-state index in [2.05, 4.69) is 12.6 Å². The van der Waals surface area contributed by atoms with Gasteiger partial charge in [0.1, 0.15) is 0 Å². The molecule has 0 bridgehead atoms. The van der Waals surface area contributed by atoms with E-state index < -0.39 is 45.5 Å². The molecule has 0 aromatic heterocycles. The maximum atomic E-state index is 12.9. The van der Waals surface area contributed by atoms with Gasteiger partial charge in [0.15, 0.2) is 0 Å². The van der Waals surface area contributed by atoms with Crippen LogP contribution >= 0.6 is 24.4 Å². The third-order valence-electron chi connectivity index (χ3n) is 1.74. The Labute approximate surface area is 116 Å². The quantitative estimate of drug-likeness (QED) is 0.578. The molecule has 21 heavy (non-hydrogen) atoms. The summed E-state index contributed by atoms with van der Waals surface area (Å²) >= 11 is -0.585. The van der Waals surface area contributed by atoms with Crippen molar-refractivity contribution < 1.29 is 57.1 Å². The number of alkyl halides is 13. The summed E-state index contributed by atoms with van der Waals surface area (Å²) in [5, 5.41) is -19.7. The molecule has 0 saturated heterocycles. The first-order chi connectivity index (χ1) is 8.71. The molecule has 127 valence electrons. The molecule has 0 saturated carbocycles. The van der Waals surface area contributed by atoms with Crippen LogP contribution in [0.5, 0.6) is 0 Å². The lowest BCUT2D eigenvalue weighted by Crippen LogP contribution is -2.57. The molecule has 1 atom stereocenters. The normalized spacial score (nSPS) is 18.6. The molecule has 0 spiro atoms. The van der Waals surface area contributed by atoms with Gasteiger partial charge in [-0.15, -0.1) is 0 Å². The molecule has 0 aromatic rings. The van der Waals surface area contributed by atoms with Gasteiger partial charge in [-0.05, 0) is 24.4 Å². The summed E-state index contributed by atoms with van der Waals surface area (Å²) in [6.07, 6.45) is -20.9. The van der Waals surface area contributed by atoms with Crippen LogP contribution in [0.25, 0.3) is 0 Å². The van der Waals surface area contributed by atoms with Gasteiger partial charge >= 0.3 is 33.8 Å². The van der Waals surface area contributed by atoms with Gasteiger partial charge in [-0.25, -0.2) is 8.78 Å². The van der Waals surface area contributed by atoms with Gasteiger partial charge in [0.2, 0.25) is 0 Å². The van der Waals surface area contributed by atoms with Gasteiger partial charge in [0.25, 0.3) is 0 Å². The highest BCUT2D eigenvalue weighted by Gasteiger charge is 2.81.